The quantitative estimate of drug-likeness (QED) is 0.863. The van der Waals surface area contributed by atoms with Crippen LogP contribution in [0.4, 0.5) is 4.39 Å². The molecule has 4 nitrogen and oxygen atoms in total. The van der Waals surface area contributed by atoms with Gasteiger partial charge < -0.3 is 10.0 Å². The average molecular weight is 283 g/mol. The van der Waals surface area contributed by atoms with E-state index >= 15 is 0 Å². The number of rotatable bonds is 3. The van der Waals surface area contributed by atoms with Crippen LogP contribution in [-0.4, -0.2) is 46.9 Å². The van der Waals surface area contributed by atoms with Gasteiger partial charge in [0.25, 0.3) is 5.91 Å². The number of hydrogen-bond acceptors (Lipinski definition) is 3. The number of likely N-dealkylation sites (tertiary alicyclic amines) is 1. The smallest absolute Gasteiger partial charge is 0.343 e. The van der Waals surface area contributed by atoms with E-state index in [9.17, 15) is 14.0 Å². The van der Waals surface area contributed by atoms with Gasteiger partial charge in [0.05, 0.1) is 12.1 Å². The van der Waals surface area contributed by atoms with Gasteiger partial charge in [-0.1, -0.05) is 12.1 Å². The number of nitrogens with zero attached hydrogens (tertiary/aromatic N) is 1. The third-order valence-corrected chi connectivity index (χ3v) is 4.02. The number of thioether (sulfide) groups is 1. The standard InChI is InChI=1S/C13H14FNO3S/c1-19-10-5-3-2-4-9(10)11(16)15-7-6-13(14,8-15)12(17)18/h2-5H,6-8H2,1H3,(H,17,18). The third kappa shape index (κ3) is 2.58. The molecule has 0 radical (unpaired) electrons. The van der Waals surface area contributed by atoms with E-state index in [0.717, 1.165) is 4.90 Å². The summed E-state index contributed by atoms with van der Waals surface area (Å²) >= 11 is 1.43. The van der Waals surface area contributed by atoms with Gasteiger partial charge in [-0.3, -0.25) is 4.79 Å². The van der Waals surface area contributed by atoms with Crippen molar-refractivity contribution in [3.05, 3.63) is 29.8 Å². The van der Waals surface area contributed by atoms with E-state index < -0.39 is 11.6 Å². The fourth-order valence-electron chi connectivity index (χ4n) is 2.11. The number of alkyl halides is 1. The number of halogens is 1. The Labute approximate surface area is 114 Å². The molecule has 2 rings (SSSR count). The molecule has 1 N–H and O–H groups in total. The van der Waals surface area contributed by atoms with E-state index in [1.807, 2.05) is 18.4 Å². The Morgan fingerprint density at radius 3 is 2.68 bits per heavy atom. The highest BCUT2D eigenvalue weighted by atomic mass is 32.2. The van der Waals surface area contributed by atoms with E-state index in [1.165, 1.54) is 16.7 Å². The summed E-state index contributed by atoms with van der Waals surface area (Å²) in [5.41, 5.74) is -1.83. The maximum atomic E-state index is 13.9. The molecule has 1 aromatic carbocycles. The molecule has 0 spiro atoms. The largest absolute Gasteiger partial charge is 0.479 e. The number of aliphatic carboxylic acids is 1. The SMILES string of the molecule is CSc1ccccc1C(=O)N1CCC(F)(C(=O)O)C1. The molecule has 1 aromatic rings. The molecule has 0 saturated carbocycles. The first-order valence-electron chi connectivity index (χ1n) is 5.82. The summed E-state index contributed by atoms with van der Waals surface area (Å²) in [7, 11) is 0. The van der Waals surface area contributed by atoms with Crippen LogP contribution in [0.5, 0.6) is 0 Å². The summed E-state index contributed by atoms with van der Waals surface area (Å²) in [6.45, 7) is -0.256. The Hall–Kier alpha value is -1.56. The van der Waals surface area contributed by atoms with Crippen molar-refractivity contribution in [1.82, 2.24) is 4.90 Å². The summed E-state index contributed by atoms with van der Waals surface area (Å²) in [5.74, 6) is -1.81. The molecule has 1 aliphatic rings. The second kappa shape index (κ2) is 5.21. The zero-order valence-corrected chi connectivity index (χ0v) is 11.2. The zero-order valence-electron chi connectivity index (χ0n) is 10.4. The van der Waals surface area contributed by atoms with E-state index in [2.05, 4.69) is 0 Å². The van der Waals surface area contributed by atoms with Gasteiger partial charge in [0, 0.05) is 17.9 Å². The van der Waals surface area contributed by atoms with Gasteiger partial charge >= 0.3 is 5.97 Å². The van der Waals surface area contributed by atoms with Crippen LogP contribution >= 0.6 is 11.8 Å². The van der Waals surface area contributed by atoms with E-state index in [-0.39, 0.29) is 25.4 Å². The summed E-state index contributed by atoms with van der Waals surface area (Å²) in [5, 5.41) is 8.83. The van der Waals surface area contributed by atoms with Crippen LogP contribution in [-0.2, 0) is 4.79 Å². The van der Waals surface area contributed by atoms with Gasteiger partial charge in [0.2, 0.25) is 5.67 Å². The summed E-state index contributed by atoms with van der Waals surface area (Å²) in [6, 6.07) is 7.05. The van der Waals surface area contributed by atoms with Crippen molar-refractivity contribution < 1.29 is 19.1 Å². The topological polar surface area (TPSA) is 57.6 Å². The molecular weight excluding hydrogens is 269 g/mol. The molecular formula is C13H14FNO3S. The maximum Gasteiger partial charge on any atom is 0.343 e. The number of benzene rings is 1. The van der Waals surface area contributed by atoms with Gasteiger partial charge in [-0.05, 0) is 18.4 Å². The van der Waals surface area contributed by atoms with Crippen LogP contribution in [0.15, 0.2) is 29.2 Å². The number of carboxylic acids is 1. The monoisotopic (exact) mass is 283 g/mol. The fraction of sp³-hybridized carbons (Fsp3) is 0.385. The predicted molar refractivity (Wildman–Crippen MR) is 70.2 cm³/mol. The Morgan fingerprint density at radius 1 is 1.42 bits per heavy atom. The van der Waals surface area contributed by atoms with Crippen molar-refractivity contribution in [2.75, 3.05) is 19.3 Å². The highest BCUT2D eigenvalue weighted by Gasteiger charge is 2.47. The van der Waals surface area contributed by atoms with Crippen molar-refractivity contribution in [3.63, 3.8) is 0 Å². The molecule has 1 saturated heterocycles. The van der Waals surface area contributed by atoms with Crippen molar-refractivity contribution in [3.8, 4) is 0 Å². The number of carboxylic acid groups (broad SMARTS) is 1. The second-order valence-electron chi connectivity index (χ2n) is 4.45. The average Bonchev–Trinajstić information content (AvgIpc) is 2.82. The van der Waals surface area contributed by atoms with Crippen LogP contribution in [0.1, 0.15) is 16.8 Å². The lowest BCUT2D eigenvalue weighted by Gasteiger charge is -2.18. The summed E-state index contributed by atoms with van der Waals surface area (Å²) in [4.78, 5) is 25.2. The lowest BCUT2D eigenvalue weighted by molar-refractivity contribution is -0.149. The predicted octanol–water partition coefficient (Wildman–Crippen LogP) is 2.05. The molecule has 0 aromatic heterocycles. The third-order valence-electron chi connectivity index (χ3n) is 3.23. The number of carbonyl (C=O) groups is 2. The number of amides is 1. The second-order valence-corrected chi connectivity index (χ2v) is 5.30. The molecule has 6 heteroatoms. The molecule has 19 heavy (non-hydrogen) atoms. The molecule has 1 heterocycles. The van der Waals surface area contributed by atoms with Crippen molar-refractivity contribution in [1.29, 1.82) is 0 Å². The van der Waals surface area contributed by atoms with Crippen molar-refractivity contribution in [2.45, 2.75) is 17.0 Å². The van der Waals surface area contributed by atoms with Crippen LogP contribution < -0.4 is 0 Å². The molecule has 0 aliphatic carbocycles. The first-order valence-corrected chi connectivity index (χ1v) is 7.05. The van der Waals surface area contributed by atoms with Crippen LogP contribution in [0.25, 0.3) is 0 Å². The fourth-order valence-corrected chi connectivity index (χ4v) is 2.70. The van der Waals surface area contributed by atoms with E-state index in [0.29, 0.717) is 5.56 Å². The molecule has 102 valence electrons. The van der Waals surface area contributed by atoms with Gasteiger partial charge in [-0.25, -0.2) is 9.18 Å². The Morgan fingerprint density at radius 2 is 2.11 bits per heavy atom. The Bertz CT molecular complexity index is 522. The van der Waals surface area contributed by atoms with Gasteiger partial charge in [-0.15, -0.1) is 11.8 Å². The molecule has 1 atom stereocenters. The van der Waals surface area contributed by atoms with Gasteiger partial charge in [-0.2, -0.15) is 0 Å². The normalized spacial score (nSPS) is 22.5. The van der Waals surface area contributed by atoms with E-state index in [4.69, 9.17) is 5.11 Å². The molecule has 1 aliphatic heterocycles. The van der Waals surface area contributed by atoms with Gasteiger partial charge in [0.15, 0.2) is 0 Å². The number of hydrogen-bond donors (Lipinski definition) is 1. The highest BCUT2D eigenvalue weighted by molar-refractivity contribution is 7.98. The molecule has 1 amide bonds. The van der Waals surface area contributed by atoms with Crippen molar-refractivity contribution in [2.24, 2.45) is 0 Å². The molecule has 1 fully saturated rings. The lowest BCUT2D eigenvalue weighted by atomic mass is 10.1. The van der Waals surface area contributed by atoms with Crippen LogP contribution in [0.2, 0.25) is 0 Å². The first-order chi connectivity index (χ1) is 8.98. The zero-order chi connectivity index (χ0) is 14.0. The van der Waals surface area contributed by atoms with E-state index in [1.54, 1.807) is 12.1 Å². The Kier molecular flexibility index (Phi) is 3.80. The minimum atomic E-state index is -2.32. The first kappa shape index (κ1) is 13.9. The van der Waals surface area contributed by atoms with Crippen LogP contribution in [0.3, 0.4) is 0 Å². The maximum absolute atomic E-state index is 13.9. The number of carbonyl (C=O) groups excluding carboxylic acids is 1. The Balaban J connectivity index is 2.20. The molecule has 0 bridgehead atoms. The minimum absolute atomic E-state index is 0.129. The van der Waals surface area contributed by atoms with Crippen molar-refractivity contribution >= 4 is 23.6 Å². The van der Waals surface area contributed by atoms with Gasteiger partial charge in [0.1, 0.15) is 0 Å². The lowest BCUT2D eigenvalue weighted by Crippen LogP contribution is -2.39. The molecule has 1 unspecified atom stereocenters. The summed E-state index contributed by atoms with van der Waals surface area (Å²) < 4.78 is 13.9. The minimum Gasteiger partial charge on any atom is -0.479 e. The summed E-state index contributed by atoms with van der Waals surface area (Å²) in [6.07, 6.45) is 1.70. The van der Waals surface area contributed by atoms with Crippen LogP contribution in [0, 0.1) is 0 Å². The highest BCUT2D eigenvalue weighted by Crippen LogP contribution is 2.29.